The highest BCUT2D eigenvalue weighted by molar-refractivity contribution is 9.10. The van der Waals surface area contributed by atoms with Crippen molar-refractivity contribution in [2.75, 3.05) is 13.7 Å². The third-order valence-corrected chi connectivity index (χ3v) is 6.21. The van der Waals surface area contributed by atoms with E-state index < -0.39 is 6.29 Å². The maximum absolute atomic E-state index is 6.53. The van der Waals surface area contributed by atoms with Gasteiger partial charge in [-0.2, -0.15) is 0 Å². The van der Waals surface area contributed by atoms with Crippen LogP contribution < -0.4 is 5.73 Å². The molecule has 3 heterocycles. The Hall–Kier alpha value is -1.00. The molecular weight excluding hydrogens is 432 g/mol. The van der Waals surface area contributed by atoms with Crippen LogP contribution in [-0.4, -0.2) is 48.5 Å². The minimum absolute atomic E-state index is 0.246. The maximum atomic E-state index is 6.53. The van der Waals surface area contributed by atoms with Crippen molar-refractivity contribution in [3.05, 3.63) is 58.8 Å². The Balaban J connectivity index is 1.49. The third kappa shape index (κ3) is 4.22. The highest BCUT2D eigenvalue weighted by Gasteiger charge is 2.49. The molecule has 4 rings (SSSR count). The van der Waals surface area contributed by atoms with Gasteiger partial charge in [0.2, 0.25) is 0 Å². The lowest BCUT2D eigenvalue weighted by molar-refractivity contribution is -0.298. The number of hydrogen-bond acceptors (Lipinski definition) is 7. The largest absolute Gasteiger partial charge is 0.376 e. The normalized spacial score (nSPS) is 33.4. The van der Waals surface area contributed by atoms with Crippen LogP contribution in [0.15, 0.2) is 58.2 Å². The fourth-order valence-corrected chi connectivity index (χ4v) is 5.09. The number of pyridine rings is 1. The lowest BCUT2D eigenvalue weighted by atomic mass is 9.97. The van der Waals surface area contributed by atoms with Crippen LogP contribution in [0.3, 0.4) is 0 Å². The summed E-state index contributed by atoms with van der Waals surface area (Å²) >= 11 is 4.98. The zero-order chi connectivity index (χ0) is 18.8. The summed E-state index contributed by atoms with van der Waals surface area (Å²) in [6.45, 7) is 0.419. The number of ether oxygens (including phenoxy) is 4. The van der Waals surface area contributed by atoms with Gasteiger partial charge < -0.3 is 24.7 Å². The van der Waals surface area contributed by atoms with E-state index in [9.17, 15) is 0 Å². The molecule has 0 bridgehead atoms. The van der Waals surface area contributed by atoms with E-state index >= 15 is 0 Å². The van der Waals surface area contributed by atoms with Gasteiger partial charge in [-0.05, 0) is 22.0 Å². The first-order chi connectivity index (χ1) is 13.2. The SMILES string of the molecule is COC1C(Sc2cncc(Br)c2)OC2COC(c3ccccc3)OC2C1N. The number of hydrogen-bond donors (Lipinski definition) is 1. The van der Waals surface area contributed by atoms with E-state index in [4.69, 9.17) is 24.7 Å². The Bertz CT molecular complexity index is 768. The number of methoxy groups -OCH3 is 1. The van der Waals surface area contributed by atoms with E-state index in [1.54, 1.807) is 19.5 Å². The average molecular weight is 453 g/mol. The molecule has 27 heavy (non-hydrogen) atoms. The van der Waals surface area contributed by atoms with Gasteiger partial charge in [-0.3, -0.25) is 4.98 Å². The molecule has 6 atom stereocenters. The molecule has 2 aliphatic rings. The number of benzene rings is 1. The number of nitrogens with zero attached hydrogens (tertiary/aromatic N) is 1. The summed E-state index contributed by atoms with van der Waals surface area (Å²) in [7, 11) is 1.65. The molecule has 6 nitrogen and oxygen atoms in total. The quantitative estimate of drug-likeness (QED) is 0.763. The van der Waals surface area contributed by atoms with Crippen molar-refractivity contribution in [2.45, 2.75) is 41.0 Å². The molecule has 0 aliphatic carbocycles. The van der Waals surface area contributed by atoms with E-state index in [-0.39, 0.29) is 29.8 Å². The monoisotopic (exact) mass is 452 g/mol. The number of thioether (sulfide) groups is 1. The second-order valence-electron chi connectivity index (χ2n) is 6.45. The van der Waals surface area contributed by atoms with Crippen LogP contribution in [0.5, 0.6) is 0 Å². The molecule has 0 saturated carbocycles. The summed E-state index contributed by atoms with van der Waals surface area (Å²) in [6, 6.07) is 11.5. The summed E-state index contributed by atoms with van der Waals surface area (Å²) in [5, 5.41) is 0. The zero-order valence-electron chi connectivity index (χ0n) is 14.7. The van der Waals surface area contributed by atoms with Crippen LogP contribution in [0.1, 0.15) is 11.9 Å². The van der Waals surface area contributed by atoms with Crippen molar-refractivity contribution in [2.24, 2.45) is 5.73 Å². The van der Waals surface area contributed by atoms with Gasteiger partial charge in [0.05, 0.1) is 12.6 Å². The summed E-state index contributed by atoms with van der Waals surface area (Å²) in [4.78, 5) is 5.17. The second kappa shape index (κ2) is 8.57. The Morgan fingerprint density at radius 3 is 2.78 bits per heavy atom. The molecular formula is C19H21BrN2O4S. The first-order valence-electron chi connectivity index (χ1n) is 8.69. The van der Waals surface area contributed by atoms with E-state index in [1.807, 2.05) is 36.4 Å². The molecule has 8 heteroatoms. The fourth-order valence-electron chi connectivity index (χ4n) is 3.36. The number of aromatic nitrogens is 1. The molecule has 2 saturated heterocycles. The van der Waals surface area contributed by atoms with Crippen molar-refractivity contribution < 1.29 is 18.9 Å². The van der Waals surface area contributed by atoms with Crippen molar-refractivity contribution in [1.29, 1.82) is 0 Å². The van der Waals surface area contributed by atoms with Crippen LogP contribution in [-0.2, 0) is 18.9 Å². The maximum Gasteiger partial charge on any atom is 0.184 e. The number of fused-ring (bicyclic) bond motifs is 1. The molecule has 0 amide bonds. The molecule has 1 aromatic heterocycles. The van der Waals surface area contributed by atoms with Gasteiger partial charge in [-0.25, -0.2) is 0 Å². The Morgan fingerprint density at radius 1 is 1.22 bits per heavy atom. The number of halogens is 1. The van der Waals surface area contributed by atoms with E-state index in [2.05, 4.69) is 20.9 Å². The van der Waals surface area contributed by atoms with E-state index in [0.29, 0.717) is 6.61 Å². The van der Waals surface area contributed by atoms with Crippen molar-refractivity contribution >= 4 is 27.7 Å². The molecule has 2 aromatic rings. The lowest BCUT2D eigenvalue weighted by Crippen LogP contribution is -2.64. The molecule has 144 valence electrons. The van der Waals surface area contributed by atoms with Crippen LogP contribution >= 0.6 is 27.7 Å². The van der Waals surface area contributed by atoms with Crippen molar-refractivity contribution in [1.82, 2.24) is 4.98 Å². The minimum atomic E-state index is -0.446. The smallest absolute Gasteiger partial charge is 0.184 e. The standard InChI is InChI=1S/C19H21BrN2O4S/c1-23-17-15(21)16-14(10-24-18(26-16)11-5-3-2-4-6-11)25-19(17)27-13-7-12(20)8-22-9-13/h2-9,14-19H,10,21H2,1H3. The second-order valence-corrected chi connectivity index (χ2v) is 8.54. The highest BCUT2D eigenvalue weighted by Crippen LogP contribution is 2.39. The molecule has 0 spiro atoms. The van der Waals surface area contributed by atoms with Gasteiger partial charge in [0.1, 0.15) is 23.7 Å². The lowest BCUT2D eigenvalue weighted by Gasteiger charge is -2.47. The first-order valence-corrected chi connectivity index (χ1v) is 10.4. The van der Waals surface area contributed by atoms with Gasteiger partial charge >= 0.3 is 0 Å². The number of rotatable bonds is 4. The molecule has 6 unspecified atom stereocenters. The summed E-state index contributed by atoms with van der Waals surface area (Å²) in [5.74, 6) is 0. The van der Waals surface area contributed by atoms with Crippen LogP contribution in [0.2, 0.25) is 0 Å². The average Bonchev–Trinajstić information content (AvgIpc) is 2.69. The Labute approximate surface area is 170 Å². The first kappa shape index (κ1) is 19.3. The topological polar surface area (TPSA) is 75.8 Å². The van der Waals surface area contributed by atoms with E-state index in [0.717, 1.165) is 14.9 Å². The molecule has 0 radical (unpaired) electrons. The van der Waals surface area contributed by atoms with Crippen LogP contribution in [0.25, 0.3) is 0 Å². The summed E-state index contributed by atoms with van der Waals surface area (Å²) in [6.07, 6.45) is 2.23. The summed E-state index contributed by atoms with van der Waals surface area (Å²) < 4.78 is 24.9. The van der Waals surface area contributed by atoms with E-state index in [1.165, 1.54) is 11.8 Å². The molecule has 2 fully saturated rings. The molecule has 2 N–H and O–H groups in total. The predicted molar refractivity (Wildman–Crippen MR) is 105 cm³/mol. The highest BCUT2D eigenvalue weighted by atomic mass is 79.9. The van der Waals surface area contributed by atoms with Crippen molar-refractivity contribution in [3.8, 4) is 0 Å². The Morgan fingerprint density at radius 2 is 2.04 bits per heavy atom. The predicted octanol–water partition coefficient (Wildman–Crippen LogP) is 3.12. The summed E-state index contributed by atoms with van der Waals surface area (Å²) in [5.41, 5.74) is 7.23. The van der Waals surface area contributed by atoms with Gasteiger partial charge in [0, 0.05) is 34.4 Å². The Kier molecular flexibility index (Phi) is 6.13. The fraction of sp³-hybridized carbons (Fsp3) is 0.421. The van der Waals surface area contributed by atoms with Crippen LogP contribution in [0.4, 0.5) is 0 Å². The third-order valence-electron chi connectivity index (χ3n) is 4.67. The van der Waals surface area contributed by atoms with Gasteiger partial charge in [0.15, 0.2) is 6.29 Å². The van der Waals surface area contributed by atoms with Gasteiger partial charge in [-0.1, -0.05) is 42.1 Å². The number of nitrogens with two attached hydrogens (primary N) is 1. The zero-order valence-corrected chi connectivity index (χ0v) is 17.1. The van der Waals surface area contributed by atoms with Gasteiger partial charge in [-0.15, -0.1) is 0 Å². The molecule has 1 aromatic carbocycles. The van der Waals surface area contributed by atoms with Crippen LogP contribution in [0, 0.1) is 0 Å². The van der Waals surface area contributed by atoms with Gasteiger partial charge in [0.25, 0.3) is 0 Å². The van der Waals surface area contributed by atoms with Crippen molar-refractivity contribution in [3.63, 3.8) is 0 Å². The minimum Gasteiger partial charge on any atom is -0.376 e. The molecule has 2 aliphatic heterocycles.